The van der Waals surface area contributed by atoms with Crippen LogP contribution < -0.4 is 5.32 Å². The van der Waals surface area contributed by atoms with Crippen molar-refractivity contribution in [3.63, 3.8) is 0 Å². The van der Waals surface area contributed by atoms with Gasteiger partial charge in [0.15, 0.2) is 0 Å². The van der Waals surface area contributed by atoms with E-state index >= 15 is 0 Å². The Balaban J connectivity index is 2.86. The summed E-state index contributed by atoms with van der Waals surface area (Å²) >= 11 is 0. The van der Waals surface area contributed by atoms with Crippen molar-refractivity contribution in [2.75, 3.05) is 0 Å². The Morgan fingerprint density at radius 3 is 2.77 bits per heavy atom. The molecule has 2 N–H and O–H groups in total. The number of carbonyl (C=O) groups excluding carboxylic acids is 1. The Labute approximate surface area is 77.3 Å². The molecule has 0 aromatic rings. The van der Waals surface area contributed by atoms with E-state index in [0.29, 0.717) is 5.71 Å². The summed E-state index contributed by atoms with van der Waals surface area (Å²) in [6, 6.07) is 0. The number of nitrogens with one attached hydrogen (secondary N) is 1. The summed E-state index contributed by atoms with van der Waals surface area (Å²) in [6.07, 6.45) is 2.56. The van der Waals surface area contributed by atoms with Gasteiger partial charge in [-0.15, -0.1) is 0 Å². The van der Waals surface area contributed by atoms with Crippen molar-refractivity contribution in [1.29, 1.82) is 0 Å². The number of carbonyl (C=O) groups is 1. The highest BCUT2D eigenvalue weighted by Gasteiger charge is 2.16. The third-order valence-corrected chi connectivity index (χ3v) is 2.17. The highest BCUT2D eigenvalue weighted by molar-refractivity contribution is 6.01. The van der Waals surface area contributed by atoms with Crippen LogP contribution in [0.1, 0.15) is 33.1 Å². The second-order valence-electron chi connectivity index (χ2n) is 3.18. The molecule has 0 unspecified atom stereocenters. The topological polar surface area (TPSA) is 61.7 Å². The summed E-state index contributed by atoms with van der Waals surface area (Å²) in [6.45, 7) is 3.34. The van der Waals surface area contributed by atoms with Gasteiger partial charge in [-0.3, -0.25) is 4.79 Å². The fourth-order valence-corrected chi connectivity index (χ4v) is 1.48. The second kappa shape index (κ2) is 4.07. The van der Waals surface area contributed by atoms with Crippen LogP contribution in [0.2, 0.25) is 0 Å². The maximum absolute atomic E-state index is 10.8. The van der Waals surface area contributed by atoms with Gasteiger partial charge in [0.25, 0.3) is 0 Å². The van der Waals surface area contributed by atoms with E-state index in [1.165, 1.54) is 6.92 Å². The van der Waals surface area contributed by atoms with E-state index in [9.17, 15) is 4.79 Å². The molecule has 13 heavy (non-hydrogen) atoms. The average molecular weight is 182 g/mol. The van der Waals surface area contributed by atoms with E-state index in [2.05, 4.69) is 10.5 Å². The van der Waals surface area contributed by atoms with Crippen LogP contribution >= 0.6 is 0 Å². The molecular weight excluding hydrogens is 168 g/mol. The first-order valence-electron chi connectivity index (χ1n) is 4.33. The predicted octanol–water partition coefficient (Wildman–Crippen LogP) is 1.41. The van der Waals surface area contributed by atoms with Crippen LogP contribution in [-0.4, -0.2) is 16.8 Å². The van der Waals surface area contributed by atoms with E-state index < -0.39 is 0 Å². The van der Waals surface area contributed by atoms with Gasteiger partial charge in [-0.25, -0.2) is 0 Å². The normalized spacial score (nSPS) is 20.6. The van der Waals surface area contributed by atoms with Gasteiger partial charge < -0.3 is 10.5 Å². The first-order valence-corrected chi connectivity index (χ1v) is 4.33. The lowest BCUT2D eigenvalue weighted by Gasteiger charge is -2.18. The summed E-state index contributed by atoms with van der Waals surface area (Å²) in [5, 5.41) is 14.6. The highest BCUT2D eigenvalue weighted by atomic mass is 16.4. The monoisotopic (exact) mass is 182 g/mol. The number of amides is 1. The molecule has 0 saturated heterocycles. The summed E-state index contributed by atoms with van der Waals surface area (Å²) in [5.74, 6) is -0.0754. The van der Waals surface area contributed by atoms with Crippen molar-refractivity contribution >= 4 is 11.6 Å². The number of hydrogen-bond donors (Lipinski definition) is 2. The second-order valence-corrected chi connectivity index (χ2v) is 3.18. The first kappa shape index (κ1) is 9.77. The number of allylic oxidation sites excluding steroid dienone is 2. The van der Waals surface area contributed by atoms with Gasteiger partial charge >= 0.3 is 0 Å². The standard InChI is InChI=1S/C9H14N2O2/c1-6-8(10-7(2)12)4-3-5-9(6)11-13/h13H,3-5H2,1-2H3,(H,10,12)/b11-9-. The molecule has 0 bridgehead atoms. The van der Waals surface area contributed by atoms with Crippen molar-refractivity contribution in [2.45, 2.75) is 33.1 Å². The van der Waals surface area contributed by atoms with Crippen molar-refractivity contribution < 1.29 is 10.0 Å². The molecule has 0 saturated carbocycles. The molecule has 0 aliphatic heterocycles. The minimum Gasteiger partial charge on any atom is -0.411 e. The van der Waals surface area contributed by atoms with Gasteiger partial charge in [0.1, 0.15) is 0 Å². The lowest BCUT2D eigenvalue weighted by molar-refractivity contribution is -0.118. The lowest BCUT2D eigenvalue weighted by atomic mass is 9.95. The minimum atomic E-state index is -0.0754. The molecule has 0 aromatic carbocycles. The van der Waals surface area contributed by atoms with E-state index in [4.69, 9.17) is 5.21 Å². The van der Waals surface area contributed by atoms with E-state index in [0.717, 1.165) is 30.5 Å². The fraction of sp³-hybridized carbons (Fsp3) is 0.556. The van der Waals surface area contributed by atoms with Gasteiger partial charge in [0.2, 0.25) is 5.91 Å². The quantitative estimate of drug-likeness (QED) is 0.475. The molecule has 72 valence electrons. The maximum Gasteiger partial charge on any atom is 0.221 e. The van der Waals surface area contributed by atoms with E-state index in [1.54, 1.807) is 0 Å². The number of nitrogens with zero attached hydrogens (tertiary/aromatic N) is 1. The zero-order valence-electron chi connectivity index (χ0n) is 7.92. The molecule has 0 atom stereocenters. The highest BCUT2D eigenvalue weighted by Crippen LogP contribution is 2.20. The van der Waals surface area contributed by atoms with Crippen molar-refractivity contribution in [2.24, 2.45) is 5.16 Å². The van der Waals surface area contributed by atoms with Crippen LogP contribution in [0.5, 0.6) is 0 Å². The van der Waals surface area contributed by atoms with Crippen LogP contribution in [0.3, 0.4) is 0 Å². The molecule has 0 fully saturated rings. The summed E-state index contributed by atoms with van der Waals surface area (Å²) in [7, 11) is 0. The smallest absolute Gasteiger partial charge is 0.221 e. The van der Waals surface area contributed by atoms with Crippen LogP contribution in [0, 0.1) is 0 Å². The van der Waals surface area contributed by atoms with Crippen LogP contribution in [-0.2, 0) is 4.79 Å². The van der Waals surface area contributed by atoms with Gasteiger partial charge in [-0.2, -0.15) is 0 Å². The van der Waals surface area contributed by atoms with Gasteiger partial charge in [0, 0.05) is 12.6 Å². The van der Waals surface area contributed by atoms with Crippen LogP contribution in [0.25, 0.3) is 0 Å². The van der Waals surface area contributed by atoms with Gasteiger partial charge in [-0.1, -0.05) is 5.16 Å². The Bertz CT molecular complexity index is 279. The lowest BCUT2D eigenvalue weighted by Crippen LogP contribution is -2.25. The number of oxime groups is 1. The number of hydrogen-bond acceptors (Lipinski definition) is 3. The molecule has 0 aromatic heterocycles. The predicted molar refractivity (Wildman–Crippen MR) is 49.6 cm³/mol. The Morgan fingerprint density at radius 2 is 2.23 bits per heavy atom. The largest absolute Gasteiger partial charge is 0.411 e. The van der Waals surface area contributed by atoms with Crippen LogP contribution in [0.4, 0.5) is 0 Å². The summed E-state index contributed by atoms with van der Waals surface area (Å²) in [5.41, 5.74) is 2.45. The third-order valence-electron chi connectivity index (χ3n) is 2.17. The molecule has 4 heteroatoms. The summed E-state index contributed by atoms with van der Waals surface area (Å²) in [4.78, 5) is 10.8. The molecule has 0 spiro atoms. The Hall–Kier alpha value is -1.32. The molecule has 1 aliphatic carbocycles. The van der Waals surface area contributed by atoms with Crippen LogP contribution in [0.15, 0.2) is 16.4 Å². The Kier molecular flexibility index (Phi) is 3.06. The van der Waals surface area contributed by atoms with Crippen molar-refractivity contribution in [1.82, 2.24) is 5.32 Å². The molecule has 0 heterocycles. The van der Waals surface area contributed by atoms with E-state index in [1.807, 2.05) is 6.92 Å². The zero-order valence-corrected chi connectivity index (χ0v) is 7.92. The first-order chi connectivity index (χ1) is 6.15. The molecular formula is C9H14N2O2. The van der Waals surface area contributed by atoms with Gasteiger partial charge in [-0.05, 0) is 31.8 Å². The van der Waals surface area contributed by atoms with Crippen molar-refractivity contribution in [3.8, 4) is 0 Å². The molecule has 1 rings (SSSR count). The zero-order chi connectivity index (χ0) is 9.84. The summed E-state index contributed by atoms with van der Waals surface area (Å²) < 4.78 is 0. The minimum absolute atomic E-state index is 0.0754. The number of rotatable bonds is 1. The molecule has 0 radical (unpaired) electrons. The molecule has 1 amide bonds. The van der Waals surface area contributed by atoms with Gasteiger partial charge in [0.05, 0.1) is 5.71 Å². The average Bonchev–Trinajstić information content (AvgIpc) is 2.08. The molecule has 4 nitrogen and oxygen atoms in total. The Morgan fingerprint density at radius 1 is 1.54 bits per heavy atom. The maximum atomic E-state index is 10.8. The van der Waals surface area contributed by atoms with Crippen molar-refractivity contribution in [3.05, 3.63) is 11.3 Å². The third kappa shape index (κ3) is 2.31. The van der Waals surface area contributed by atoms with E-state index in [-0.39, 0.29) is 5.91 Å². The molecule has 1 aliphatic rings. The SMILES string of the molecule is CC(=O)NC1=C(C)/C(=N\O)CCC1. The fourth-order valence-electron chi connectivity index (χ4n) is 1.48.